The molecule has 1 aromatic heterocycles. The van der Waals surface area contributed by atoms with Crippen LogP contribution in [-0.4, -0.2) is 36.5 Å². The lowest BCUT2D eigenvalue weighted by molar-refractivity contribution is 0.122. The van der Waals surface area contributed by atoms with Gasteiger partial charge >= 0.3 is 0 Å². The molecule has 0 amide bonds. The van der Waals surface area contributed by atoms with Gasteiger partial charge in [0.15, 0.2) is 0 Å². The molecule has 7 heteroatoms. The van der Waals surface area contributed by atoms with Crippen LogP contribution in [-0.2, 0) is 4.74 Å². The molecule has 4 nitrogen and oxygen atoms in total. The van der Waals surface area contributed by atoms with Gasteiger partial charge < -0.3 is 9.64 Å². The first-order valence-electron chi connectivity index (χ1n) is 4.40. The van der Waals surface area contributed by atoms with Gasteiger partial charge in [-0.25, -0.2) is 0 Å². The van der Waals surface area contributed by atoms with Crippen molar-refractivity contribution in [3.05, 3.63) is 17.7 Å². The molecule has 0 atom stereocenters. The maximum absolute atomic E-state index is 13.2. The van der Waals surface area contributed by atoms with Crippen molar-refractivity contribution in [3.63, 3.8) is 0 Å². The van der Waals surface area contributed by atoms with Crippen molar-refractivity contribution in [2.75, 3.05) is 31.2 Å². The molecular weight excluding hydrogens is 211 g/mol. The Hall–Kier alpha value is -1.37. The number of hydrogen-bond acceptors (Lipinski definition) is 4. The van der Waals surface area contributed by atoms with Crippen LogP contribution in [0.2, 0.25) is 0 Å². The standard InChI is InChI=1S/C8H8F3N3O/c9-5-6(8(11)13-12-7(5)10)14-1-3-15-4-2-14/h1-4H2. The van der Waals surface area contributed by atoms with Crippen molar-refractivity contribution in [3.8, 4) is 0 Å². The fraction of sp³-hybridized carbons (Fsp3) is 0.500. The number of hydrogen-bond donors (Lipinski definition) is 0. The maximum Gasteiger partial charge on any atom is 0.271 e. The lowest BCUT2D eigenvalue weighted by atomic mass is 10.3. The minimum absolute atomic E-state index is 0.305. The van der Waals surface area contributed by atoms with E-state index in [0.29, 0.717) is 26.3 Å². The lowest BCUT2D eigenvalue weighted by Crippen LogP contribution is -2.37. The van der Waals surface area contributed by atoms with E-state index in [1.165, 1.54) is 4.90 Å². The summed E-state index contributed by atoms with van der Waals surface area (Å²) in [6.45, 7) is 1.31. The lowest BCUT2D eigenvalue weighted by Gasteiger charge is -2.28. The third-order valence-corrected chi connectivity index (χ3v) is 2.14. The normalized spacial score (nSPS) is 16.9. The molecule has 0 radical (unpaired) electrons. The smallest absolute Gasteiger partial charge is 0.271 e. The highest BCUT2D eigenvalue weighted by atomic mass is 19.2. The molecule has 82 valence electrons. The van der Waals surface area contributed by atoms with Crippen molar-refractivity contribution < 1.29 is 17.9 Å². The molecule has 1 saturated heterocycles. The zero-order valence-electron chi connectivity index (χ0n) is 7.71. The van der Waals surface area contributed by atoms with Gasteiger partial charge in [0, 0.05) is 13.1 Å². The van der Waals surface area contributed by atoms with Crippen molar-refractivity contribution >= 4 is 5.69 Å². The predicted molar refractivity (Wildman–Crippen MR) is 44.9 cm³/mol. The van der Waals surface area contributed by atoms with Crippen molar-refractivity contribution in [1.82, 2.24) is 10.2 Å². The van der Waals surface area contributed by atoms with Gasteiger partial charge in [0.05, 0.1) is 13.2 Å². The quantitative estimate of drug-likeness (QED) is 0.698. The van der Waals surface area contributed by atoms with Gasteiger partial charge in [-0.1, -0.05) is 0 Å². The predicted octanol–water partition coefficient (Wildman–Crippen LogP) is 0.731. The molecule has 1 aliphatic heterocycles. The van der Waals surface area contributed by atoms with E-state index in [-0.39, 0.29) is 0 Å². The van der Waals surface area contributed by atoms with Gasteiger partial charge in [0.2, 0.25) is 5.82 Å². The van der Waals surface area contributed by atoms with Crippen LogP contribution < -0.4 is 4.90 Å². The molecule has 0 aromatic carbocycles. The molecular formula is C8H8F3N3O. The number of nitrogens with zero attached hydrogens (tertiary/aromatic N) is 3. The largest absolute Gasteiger partial charge is 0.378 e. The van der Waals surface area contributed by atoms with Crippen molar-refractivity contribution in [2.24, 2.45) is 0 Å². The summed E-state index contributed by atoms with van der Waals surface area (Å²) >= 11 is 0. The second-order valence-corrected chi connectivity index (χ2v) is 3.04. The van der Waals surface area contributed by atoms with Crippen LogP contribution in [0.15, 0.2) is 0 Å². The Morgan fingerprint density at radius 3 is 2.27 bits per heavy atom. The van der Waals surface area contributed by atoms with E-state index >= 15 is 0 Å². The third kappa shape index (κ3) is 1.87. The van der Waals surface area contributed by atoms with E-state index in [1.54, 1.807) is 0 Å². The number of rotatable bonds is 1. The van der Waals surface area contributed by atoms with Crippen LogP contribution in [0.25, 0.3) is 0 Å². The number of halogens is 3. The van der Waals surface area contributed by atoms with E-state index < -0.39 is 23.4 Å². The summed E-state index contributed by atoms with van der Waals surface area (Å²) in [6.07, 6.45) is 0. The Labute approximate surface area is 83.7 Å². The molecule has 2 rings (SSSR count). The highest BCUT2D eigenvalue weighted by Gasteiger charge is 2.23. The first-order chi connectivity index (χ1) is 7.20. The molecule has 0 bridgehead atoms. The minimum atomic E-state index is -1.39. The average molecular weight is 219 g/mol. The molecule has 0 spiro atoms. The van der Waals surface area contributed by atoms with Gasteiger partial charge in [0.25, 0.3) is 11.9 Å². The average Bonchev–Trinajstić information content (AvgIpc) is 2.26. The number of ether oxygens (including phenoxy) is 1. The third-order valence-electron chi connectivity index (χ3n) is 2.14. The highest BCUT2D eigenvalue weighted by molar-refractivity contribution is 5.46. The zero-order chi connectivity index (χ0) is 10.8. The molecule has 1 aliphatic rings. The molecule has 2 heterocycles. The van der Waals surface area contributed by atoms with E-state index in [4.69, 9.17) is 4.74 Å². The summed E-state index contributed by atoms with van der Waals surface area (Å²) in [5.74, 6) is -3.79. The minimum Gasteiger partial charge on any atom is -0.378 e. The molecule has 0 unspecified atom stereocenters. The Kier molecular flexibility index (Phi) is 2.72. The Morgan fingerprint density at radius 1 is 1.00 bits per heavy atom. The van der Waals surface area contributed by atoms with Crippen LogP contribution in [0.3, 0.4) is 0 Å². The molecule has 1 aromatic rings. The highest BCUT2D eigenvalue weighted by Crippen LogP contribution is 2.23. The van der Waals surface area contributed by atoms with E-state index in [1.807, 2.05) is 0 Å². The molecule has 0 N–H and O–H groups in total. The van der Waals surface area contributed by atoms with Crippen molar-refractivity contribution in [1.29, 1.82) is 0 Å². The van der Waals surface area contributed by atoms with Crippen LogP contribution in [0, 0.1) is 17.7 Å². The summed E-state index contributed by atoms with van der Waals surface area (Å²) in [5.41, 5.74) is -0.467. The molecule has 15 heavy (non-hydrogen) atoms. The first-order valence-corrected chi connectivity index (χ1v) is 4.40. The fourth-order valence-corrected chi connectivity index (χ4v) is 1.42. The van der Waals surface area contributed by atoms with E-state index in [9.17, 15) is 13.2 Å². The van der Waals surface area contributed by atoms with Gasteiger partial charge in [-0.3, -0.25) is 0 Å². The molecule has 1 fully saturated rings. The SMILES string of the molecule is Fc1nnc(F)c(N2CCOCC2)c1F. The van der Waals surface area contributed by atoms with Crippen molar-refractivity contribution in [2.45, 2.75) is 0 Å². The van der Waals surface area contributed by atoms with E-state index in [0.717, 1.165) is 0 Å². The first kappa shape index (κ1) is 10.2. The molecule has 0 saturated carbocycles. The zero-order valence-corrected chi connectivity index (χ0v) is 7.71. The number of aromatic nitrogens is 2. The van der Waals surface area contributed by atoms with Gasteiger partial charge in [-0.05, 0) is 0 Å². The summed E-state index contributed by atoms with van der Waals surface area (Å²) < 4.78 is 44.2. The van der Waals surface area contributed by atoms with Crippen LogP contribution in [0.1, 0.15) is 0 Å². The Bertz CT molecular complexity index is 368. The second kappa shape index (κ2) is 4.01. The molecule has 0 aliphatic carbocycles. The summed E-state index contributed by atoms with van der Waals surface area (Å²) in [6, 6.07) is 0. The summed E-state index contributed by atoms with van der Waals surface area (Å²) in [7, 11) is 0. The maximum atomic E-state index is 13.2. The number of anilines is 1. The summed E-state index contributed by atoms with van der Waals surface area (Å²) in [4.78, 5) is 1.35. The second-order valence-electron chi connectivity index (χ2n) is 3.04. The van der Waals surface area contributed by atoms with Crippen LogP contribution in [0.4, 0.5) is 18.9 Å². The van der Waals surface area contributed by atoms with Gasteiger partial charge in [-0.15, -0.1) is 10.2 Å². The van der Waals surface area contributed by atoms with Crippen LogP contribution in [0.5, 0.6) is 0 Å². The van der Waals surface area contributed by atoms with Gasteiger partial charge in [0.1, 0.15) is 5.69 Å². The summed E-state index contributed by atoms with van der Waals surface area (Å²) in [5, 5.41) is 5.61. The van der Waals surface area contributed by atoms with Crippen LogP contribution >= 0.6 is 0 Å². The van der Waals surface area contributed by atoms with E-state index in [2.05, 4.69) is 10.2 Å². The fourth-order valence-electron chi connectivity index (χ4n) is 1.42. The van der Waals surface area contributed by atoms with Gasteiger partial charge in [-0.2, -0.15) is 13.2 Å². The topological polar surface area (TPSA) is 38.2 Å². The Morgan fingerprint density at radius 2 is 1.60 bits per heavy atom. The monoisotopic (exact) mass is 219 g/mol. The number of morpholine rings is 1. The Balaban J connectivity index is 2.36.